The third-order valence-electron chi connectivity index (χ3n) is 7.81. The Morgan fingerprint density at radius 1 is 0.676 bits per heavy atom. The van der Waals surface area contributed by atoms with Gasteiger partial charge >= 0.3 is 205 Å². The van der Waals surface area contributed by atoms with Gasteiger partial charge in [0.15, 0.2) is 0 Å². The summed E-state index contributed by atoms with van der Waals surface area (Å²) in [7, 11) is 0. The maximum absolute atomic E-state index is 2.67. The van der Waals surface area contributed by atoms with E-state index in [4.69, 9.17) is 0 Å². The number of fused-ring (bicyclic) bond motifs is 2. The molecule has 0 saturated heterocycles. The molecule has 0 aromatic heterocycles. The average molecular weight is 591 g/mol. The van der Waals surface area contributed by atoms with Gasteiger partial charge in [0.05, 0.1) is 0 Å². The summed E-state index contributed by atoms with van der Waals surface area (Å²) in [4.78, 5) is 0. The topological polar surface area (TPSA) is 0 Å². The van der Waals surface area contributed by atoms with Crippen LogP contribution in [0.4, 0.5) is 0 Å². The summed E-state index contributed by atoms with van der Waals surface area (Å²) in [5, 5.41) is 0. The molecule has 182 valence electrons. The largest absolute Gasteiger partial charge is 1.00 e. The first-order valence-electron chi connectivity index (χ1n) is 12.8. The molecular formula is C30H40Cl2SiZr. The summed E-state index contributed by atoms with van der Waals surface area (Å²) in [5.41, 5.74) is 13.1. The second-order valence-corrected chi connectivity index (χ2v) is 27.9. The summed E-state index contributed by atoms with van der Waals surface area (Å²) in [6, 6.07) is 19.0. The Bertz CT molecular complexity index is 1030. The Morgan fingerprint density at radius 3 is 1.41 bits per heavy atom. The summed E-state index contributed by atoms with van der Waals surface area (Å²) in [5.74, 6) is 0. The maximum atomic E-state index is 2.67. The average Bonchev–Trinajstić information content (AvgIpc) is 3.23. The Balaban J connectivity index is 0.00000204. The van der Waals surface area contributed by atoms with Crippen LogP contribution in [0.25, 0.3) is 11.1 Å². The van der Waals surface area contributed by atoms with Gasteiger partial charge in [-0.05, 0) is 0 Å². The van der Waals surface area contributed by atoms with Gasteiger partial charge in [-0.25, -0.2) is 0 Å². The molecule has 4 rings (SSSR count). The first-order valence-corrected chi connectivity index (χ1v) is 21.8. The summed E-state index contributed by atoms with van der Waals surface area (Å²) >= 11 is -1.96. The van der Waals surface area contributed by atoms with E-state index in [1.807, 2.05) is 11.1 Å². The number of benzene rings is 2. The fourth-order valence-corrected chi connectivity index (χ4v) is 27.1. The van der Waals surface area contributed by atoms with Gasteiger partial charge in [-0.1, -0.05) is 0 Å². The fourth-order valence-electron chi connectivity index (χ4n) is 6.19. The molecule has 2 aromatic carbocycles. The third-order valence-corrected chi connectivity index (χ3v) is 27.2. The third kappa shape index (κ3) is 5.46. The van der Waals surface area contributed by atoms with Crippen molar-refractivity contribution in [3.05, 3.63) is 81.9 Å². The molecular weight excluding hydrogens is 551 g/mol. The predicted octanol–water partition coefficient (Wildman–Crippen LogP) is 3.30. The predicted molar refractivity (Wildman–Crippen MR) is 140 cm³/mol. The number of allylic oxidation sites excluding steroid dienone is 4. The van der Waals surface area contributed by atoms with E-state index in [1.54, 1.807) is 33.4 Å². The molecule has 2 unspecified atom stereocenters. The van der Waals surface area contributed by atoms with Gasteiger partial charge in [0.2, 0.25) is 0 Å². The zero-order valence-electron chi connectivity index (χ0n) is 21.8. The van der Waals surface area contributed by atoms with E-state index in [1.165, 1.54) is 38.5 Å². The van der Waals surface area contributed by atoms with Gasteiger partial charge in [0.1, 0.15) is 0 Å². The number of halogens is 2. The van der Waals surface area contributed by atoms with Crippen LogP contribution in [-0.2, 0) is 20.4 Å². The van der Waals surface area contributed by atoms with Crippen LogP contribution >= 0.6 is 0 Å². The van der Waals surface area contributed by atoms with Gasteiger partial charge in [0.25, 0.3) is 0 Å². The molecule has 4 heteroatoms. The number of hydrogen-bond acceptors (Lipinski definition) is 0. The van der Waals surface area contributed by atoms with Crippen molar-refractivity contribution < 1.29 is 45.2 Å². The molecule has 0 aliphatic heterocycles. The number of rotatable bonds is 8. The van der Waals surface area contributed by atoms with Crippen molar-refractivity contribution in [3.8, 4) is 0 Å². The van der Waals surface area contributed by atoms with E-state index in [0.29, 0.717) is 0 Å². The van der Waals surface area contributed by atoms with Gasteiger partial charge in [-0.2, -0.15) is 0 Å². The van der Waals surface area contributed by atoms with Crippen LogP contribution in [-0.4, -0.2) is 5.43 Å². The minimum atomic E-state index is -1.96. The van der Waals surface area contributed by atoms with Gasteiger partial charge in [-0.3, -0.25) is 0 Å². The molecule has 34 heavy (non-hydrogen) atoms. The summed E-state index contributed by atoms with van der Waals surface area (Å²) in [6.45, 7) is 14.9. The second kappa shape index (κ2) is 13.2. The van der Waals surface area contributed by atoms with Gasteiger partial charge in [-0.15, -0.1) is 0 Å². The smallest absolute Gasteiger partial charge is 1.00 e. The van der Waals surface area contributed by atoms with E-state index >= 15 is 0 Å². The Kier molecular flexibility index (Phi) is 11.6. The molecule has 2 aliphatic rings. The van der Waals surface area contributed by atoms with Crippen molar-refractivity contribution in [2.75, 3.05) is 0 Å². The van der Waals surface area contributed by atoms with Crippen molar-refractivity contribution in [1.29, 1.82) is 0 Å². The van der Waals surface area contributed by atoms with Crippen molar-refractivity contribution >= 4 is 16.6 Å². The molecule has 0 amide bonds. The number of hydrogen-bond donors (Lipinski definition) is 0. The van der Waals surface area contributed by atoms with Crippen molar-refractivity contribution in [2.45, 2.75) is 86.6 Å². The molecule has 0 fully saturated rings. The van der Waals surface area contributed by atoms with Crippen LogP contribution < -0.4 is 24.8 Å². The molecule has 2 aromatic rings. The Morgan fingerprint density at radius 2 is 1.06 bits per heavy atom. The molecule has 2 aliphatic carbocycles. The minimum absolute atomic E-state index is 0. The Labute approximate surface area is 228 Å². The van der Waals surface area contributed by atoms with Crippen molar-refractivity contribution in [2.24, 2.45) is 0 Å². The van der Waals surface area contributed by atoms with Crippen LogP contribution in [0.1, 0.15) is 95.7 Å². The minimum Gasteiger partial charge on any atom is -1.00 e. The van der Waals surface area contributed by atoms with E-state index in [2.05, 4.69) is 89.3 Å². The fraction of sp³-hybridized carbons (Fsp3) is 0.467. The van der Waals surface area contributed by atoms with Crippen LogP contribution in [0.15, 0.2) is 59.7 Å². The quantitative estimate of drug-likeness (QED) is 0.414. The zero-order chi connectivity index (χ0) is 22.8. The van der Waals surface area contributed by atoms with Crippen LogP contribution in [0.3, 0.4) is 0 Å². The molecule has 0 saturated carbocycles. The first-order chi connectivity index (χ1) is 15.5. The van der Waals surface area contributed by atoms with Crippen LogP contribution in [0, 0.1) is 0 Å². The van der Waals surface area contributed by atoms with E-state index in [-0.39, 0.29) is 30.2 Å². The normalized spacial score (nSPS) is 18.0. The molecule has 0 spiro atoms. The maximum Gasteiger partial charge on any atom is -1.00 e. The van der Waals surface area contributed by atoms with E-state index in [9.17, 15) is 0 Å². The molecule has 0 heterocycles. The van der Waals surface area contributed by atoms with Gasteiger partial charge < -0.3 is 24.8 Å². The van der Waals surface area contributed by atoms with Gasteiger partial charge in [0, 0.05) is 0 Å². The zero-order valence-corrected chi connectivity index (χ0v) is 26.7. The first kappa shape index (κ1) is 29.8. The van der Waals surface area contributed by atoms with Crippen LogP contribution in [0.2, 0.25) is 13.1 Å². The van der Waals surface area contributed by atoms with E-state index in [0.717, 1.165) is 7.25 Å². The van der Waals surface area contributed by atoms with Crippen molar-refractivity contribution in [3.63, 3.8) is 0 Å². The molecule has 0 nitrogen and oxygen atoms in total. The van der Waals surface area contributed by atoms with E-state index < -0.39 is 20.4 Å². The second-order valence-electron chi connectivity index (χ2n) is 10.0. The monoisotopic (exact) mass is 588 g/mol. The SMILES string of the molecule is CCCCC1=C(C)c2ccccc2[CH]1[Zr+2]([CH]1C(CCCC)=C(C)c2ccccc21)=[Si](C)C.[Cl-].[Cl-]. The molecule has 2 atom stereocenters. The molecule has 0 bridgehead atoms. The summed E-state index contributed by atoms with van der Waals surface area (Å²) in [6.07, 6.45) is 7.87. The molecule has 0 N–H and O–H groups in total. The summed E-state index contributed by atoms with van der Waals surface area (Å²) < 4.78 is 1.56. The van der Waals surface area contributed by atoms with Crippen LogP contribution in [0.5, 0.6) is 0 Å². The molecule has 0 radical (unpaired) electrons. The van der Waals surface area contributed by atoms with Crippen molar-refractivity contribution in [1.82, 2.24) is 0 Å². The Hall–Kier alpha value is -0.400. The standard InChI is InChI=1S/2C14H17.C2H6Si.2ClH.Zr/c2*1-3-4-7-12-10-13-8-5-6-9-14(13)11(12)2;1-3-2;;;/h2*5-6,8-10H,3-4,7H2,1-2H3;1-2H3;2*1H;/q;;;;;+2/p-2. The number of unbranched alkanes of at least 4 members (excludes halogenated alkanes) is 2.